The second-order valence-electron chi connectivity index (χ2n) is 7.85. The van der Waals surface area contributed by atoms with Crippen LogP contribution in [0.25, 0.3) is 0 Å². The Morgan fingerprint density at radius 2 is 2.04 bits per heavy atom. The number of hydrogen-bond donors (Lipinski definition) is 1. The third-order valence-electron chi connectivity index (χ3n) is 5.88. The summed E-state index contributed by atoms with van der Waals surface area (Å²) in [6.07, 6.45) is 8.91. The molecule has 2 heterocycles. The van der Waals surface area contributed by atoms with Gasteiger partial charge in [-0.25, -0.2) is 0 Å². The molecule has 0 amide bonds. The molecular formula is C21H35IN4OS. The number of hydrogen-bond acceptors (Lipinski definition) is 3. The summed E-state index contributed by atoms with van der Waals surface area (Å²) >= 11 is 2.19. The Balaban J connectivity index is 0.00000280. The summed E-state index contributed by atoms with van der Waals surface area (Å²) in [6.45, 7) is 5.91. The molecule has 5 nitrogen and oxygen atoms in total. The van der Waals surface area contributed by atoms with Crippen LogP contribution in [0, 0.1) is 6.92 Å². The first-order chi connectivity index (χ1) is 13.1. The Bertz CT molecular complexity index is 694. The van der Waals surface area contributed by atoms with Gasteiger partial charge in [-0.1, -0.05) is 25.3 Å². The maximum Gasteiger partial charge on any atom is 0.250 e. The number of nitrogens with zero attached hydrogens (tertiary/aromatic N) is 3. The van der Waals surface area contributed by atoms with E-state index in [9.17, 15) is 4.79 Å². The van der Waals surface area contributed by atoms with Gasteiger partial charge in [0.15, 0.2) is 5.96 Å². The first-order valence-electron chi connectivity index (χ1n) is 10.4. The van der Waals surface area contributed by atoms with Crippen molar-refractivity contribution in [2.24, 2.45) is 4.99 Å². The lowest BCUT2D eigenvalue weighted by atomic mass is 9.87. The van der Waals surface area contributed by atoms with Crippen LogP contribution in [0.1, 0.15) is 50.6 Å². The zero-order valence-electron chi connectivity index (χ0n) is 17.3. The van der Waals surface area contributed by atoms with E-state index < -0.39 is 0 Å². The standard InChI is InChI=1S/C21H34N4OS.HI/c1-18-9-8-10-19(26)25(18)14-7-6-13-23-20(22-2)24-15-16-27-21(17-24)11-4-3-5-12-21;/h8-10H,3-7,11-17H2,1-2H3,(H,22,23);1H. The molecule has 158 valence electrons. The Kier molecular flexibility index (Phi) is 9.66. The largest absolute Gasteiger partial charge is 0.356 e. The van der Waals surface area contributed by atoms with Gasteiger partial charge in [-0.3, -0.25) is 9.79 Å². The normalized spacial score (nSPS) is 19.4. The predicted molar refractivity (Wildman–Crippen MR) is 131 cm³/mol. The van der Waals surface area contributed by atoms with E-state index in [-0.39, 0.29) is 29.5 Å². The molecule has 0 aromatic carbocycles. The van der Waals surface area contributed by atoms with Crippen LogP contribution < -0.4 is 10.9 Å². The summed E-state index contributed by atoms with van der Waals surface area (Å²) < 4.78 is 2.32. The molecule has 2 fully saturated rings. The van der Waals surface area contributed by atoms with Gasteiger partial charge in [0, 0.05) is 55.5 Å². The smallest absolute Gasteiger partial charge is 0.250 e. The van der Waals surface area contributed by atoms with Gasteiger partial charge in [-0.2, -0.15) is 11.8 Å². The average molecular weight is 519 g/mol. The Labute approximate surface area is 190 Å². The van der Waals surface area contributed by atoms with Gasteiger partial charge in [0.05, 0.1) is 0 Å². The number of aromatic nitrogens is 1. The van der Waals surface area contributed by atoms with Crippen molar-refractivity contribution in [3.8, 4) is 0 Å². The van der Waals surface area contributed by atoms with Gasteiger partial charge in [0.2, 0.25) is 0 Å². The minimum atomic E-state index is 0. The zero-order chi connectivity index (χ0) is 19.1. The molecular weight excluding hydrogens is 483 g/mol. The van der Waals surface area contributed by atoms with Gasteiger partial charge >= 0.3 is 0 Å². The monoisotopic (exact) mass is 518 g/mol. The minimum absolute atomic E-state index is 0. The van der Waals surface area contributed by atoms with Crippen molar-refractivity contribution in [2.45, 2.75) is 63.2 Å². The van der Waals surface area contributed by atoms with Gasteiger partial charge < -0.3 is 14.8 Å². The molecule has 1 saturated carbocycles. The molecule has 0 radical (unpaired) electrons. The third kappa shape index (κ3) is 6.15. The number of unbranched alkanes of at least 4 members (excludes halogenated alkanes) is 1. The molecule has 2 aliphatic rings. The fourth-order valence-corrected chi connectivity index (χ4v) is 5.93. The van der Waals surface area contributed by atoms with Crippen molar-refractivity contribution in [3.63, 3.8) is 0 Å². The number of rotatable bonds is 5. The Morgan fingerprint density at radius 1 is 1.25 bits per heavy atom. The van der Waals surface area contributed by atoms with Crippen LogP contribution in [-0.4, -0.2) is 52.6 Å². The van der Waals surface area contributed by atoms with Crippen molar-refractivity contribution in [1.29, 1.82) is 0 Å². The number of aliphatic imine (C=N–C) groups is 1. The lowest BCUT2D eigenvalue weighted by Crippen LogP contribution is -2.53. The van der Waals surface area contributed by atoms with Gasteiger partial charge in [-0.05, 0) is 38.7 Å². The first kappa shape index (κ1) is 23.6. The van der Waals surface area contributed by atoms with Crippen LogP contribution in [0.5, 0.6) is 0 Å². The number of nitrogens with one attached hydrogen (secondary N) is 1. The van der Waals surface area contributed by atoms with E-state index in [4.69, 9.17) is 0 Å². The molecule has 1 aliphatic heterocycles. The quantitative estimate of drug-likeness (QED) is 0.278. The predicted octanol–water partition coefficient (Wildman–Crippen LogP) is 3.88. The number of pyridine rings is 1. The molecule has 1 aliphatic carbocycles. The van der Waals surface area contributed by atoms with Gasteiger partial charge in [-0.15, -0.1) is 24.0 Å². The molecule has 0 atom stereocenters. The summed E-state index contributed by atoms with van der Waals surface area (Å²) in [7, 11) is 1.89. The van der Waals surface area contributed by atoms with E-state index in [1.807, 2.05) is 30.7 Å². The molecule has 0 bridgehead atoms. The highest BCUT2D eigenvalue weighted by Crippen LogP contribution is 2.42. The summed E-state index contributed by atoms with van der Waals surface area (Å²) in [5, 5.41) is 3.56. The molecule has 1 spiro atoms. The maximum atomic E-state index is 11.9. The van der Waals surface area contributed by atoms with E-state index in [0.29, 0.717) is 4.75 Å². The van der Waals surface area contributed by atoms with Crippen molar-refractivity contribution in [1.82, 2.24) is 14.8 Å². The second kappa shape index (κ2) is 11.5. The molecule has 1 saturated heterocycles. The molecule has 0 unspecified atom stereocenters. The third-order valence-corrected chi connectivity index (χ3v) is 7.42. The number of aryl methyl sites for hydroxylation is 1. The topological polar surface area (TPSA) is 49.6 Å². The Hall–Kier alpha value is -0.700. The fraction of sp³-hybridized carbons (Fsp3) is 0.714. The minimum Gasteiger partial charge on any atom is -0.356 e. The highest BCUT2D eigenvalue weighted by Gasteiger charge is 2.38. The number of halogens is 1. The van der Waals surface area contributed by atoms with E-state index >= 15 is 0 Å². The molecule has 1 aromatic heterocycles. The highest BCUT2D eigenvalue weighted by atomic mass is 127. The van der Waals surface area contributed by atoms with Crippen molar-refractivity contribution in [3.05, 3.63) is 34.2 Å². The second-order valence-corrected chi connectivity index (χ2v) is 9.41. The molecule has 1 N–H and O–H groups in total. The summed E-state index contributed by atoms with van der Waals surface area (Å²) in [5.74, 6) is 2.25. The molecule has 28 heavy (non-hydrogen) atoms. The average Bonchev–Trinajstić information content (AvgIpc) is 2.67. The fourth-order valence-electron chi connectivity index (χ4n) is 4.36. The van der Waals surface area contributed by atoms with Crippen molar-refractivity contribution < 1.29 is 0 Å². The van der Waals surface area contributed by atoms with Gasteiger partial charge in [0.25, 0.3) is 5.56 Å². The molecule has 1 aromatic rings. The molecule has 7 heteroatoms. The van der Waals surface area contributed by atoms with Crippen molar-refractivity contribution >= 4 is 41.7 Å². The number of guanidine groups is 1. The van der Waals surface area contributed by atoms with Crippen LogP contribution in [0.4, 0.5) is 0 Å². The maximum absolute atomic E-state index is 11.9. The van der Waals surface area contributed by atoms with E-state index in [2.05, 4.69) is 27.0 Å². The highest BCUT2D eigenvalue weighted by molar-refractivity contribution is 14.0. The van der Waals surface area contributed by atoms with Crippen molar-refractivity contribution in [2.75, 3.05) is 32.4 Å². The summed E-state index contributed by atoms with van der Waals surface area (Å²) in [6, 6.07) is 5.47. The van der Waals surface area contributed by atoms with E-state index in [1.165, 1.54) is 37.9 Å². The Morgan fingerprint density at radius 3 is 2.75 bits per heavy atom. The van der Waals surface area contributed by atoms with Crippen LogP contribution >= 0.6 is 35.7 Å². The lowest BCUT2D eigenvalue weighted by molar-refractivity contribution is 0.293. The van der Waals surface area contributed by atoms with Crippen LogP contribution in [0.15, 0.2) is 28.0 Å². The first-order valence-corrected chi connectivity index (χ1v) is 11.4. The van der Waals surface area contributed by atoms with E-state index in [1.54, 1.807) is 6.07 Å². The van der Waals surface area contributed by atoms with E-state index in [0.717, 1.165) is 50.7 Å². The van der Waals surface area contributed by atoms with Crippen LogP contribution in [0.2, 0.25) is 0 Å². The lowest BCUT2D eigenvalue weighted by Gasteiger charge is -2.45. The zero-order valence-corrected chi connectivity index (χ0v) is 20.4. The summed E-state index contributed by atoms with van der Waals surface area (Å²) in [5.41, 5.74) is 1.14. The molecule has 3 rings (SSSR count). The van der Waals surface area contributed by atoms with Crippen LogP contribution in [0.3, 0.4) is 0 Å². The number of thioether (sulfide) groups is 1. The summed E-state index contributed by atoms with van der Waals surface area (Å²) in [4.78, 5) is 18.9. The van der Waals surface area contributed by atoms with Gasteiger partial charge in [0.1, 0.15) is 0 Å². The van der Waals surface area contributed by atoms with Crippen LogP contribution in [-0.2, 0) is 6.54 Å². The SMILES string of the molecule is CN=C(NCCCCn1c(C)cccc1=O)N1CCSC2(CCCCC2)C1.I.